The highest BCUT2D eigenvalue weighted by Crippen LogP contribution is 2.27. The number of benzene rings is 3. The van der Waals surface area contributed by atoms with Gasteiger partial charge in [0.1, 0.15) is 29.6 Å². The lowest BCUT2D eigenvalue weighted by Crippen LogP contribution is -2.11. The number of para-hydroxylation sites is 1. The molecule has 1 aromatic heterocycles. The van der Waals surface area contributed by atoms with Crippen molar-refractivity contribution in [3.63, 3.8) is 0 Å². The second-order valence-corrected chi connectivity index (χ2v) is 7.51. The van der Waals surface area contributed by atoms with E-state index in [9.17, 15) is 4.79 Å². The van der Waals surface area contributed by atoms with Crippen LogP contribution in [0.3, 0.4) is 0 Å². The fraction of sp³-hybridized carbons (Fsp3) is 0.185. The fourth-order valence-corrected chi connectivity index (χ4v) is 3.41. The van der Waals surface area contributed by atoms with Gasteiger partial charge < -0.3 is 24.1 Å². The minimum atomic E-state index is -1.05. The summed E-state index contributed by atoms with van der Waals surface area (Å²) in [6.07, 6.45) is 0.555. The summed E-state index contributed by atoms with van der Waals surface area (Å²) in [5.41, 5.74) is 2.45. The van der Waals surface area contributed by atoms with Gasteiger partial charge in [0.2, 0.25) is 0 Å². The van der Waals surface area contributed by atoms with Crippen molar-refractivity contribution in [1.29, 1.82) is 0 Å². The zero-order valence-electron chi connectivity index (χ0n) is 18.8. The first kappa shape index (κ1) is 22.9. The second-order valence-electron chi connectivity index (χ2n) is 7.51. The van der Waals surface area contributed by atoms with Crippen LogP contribution in [0.25, 0.3) is 10.9 Å². The molecular formula is C27H25NO6. The van der Waals surface area contributed by atoms with E-state index in [0.29, 0.717) is 24.5 Å². The molecular weight excluding hydrogens is 434 g/mol. The highest BCUT2D eigenvalue weighted by Gasteiger charge is 2.10. The molecule has 34 heavy (non-hydrogen) atoms. The molecule has 0 unspecified atom stereocenters. The molecule has 7 heteroatoms. The van der Waals surface area contributed by atoms with Crippen molar-refractivity contribution in [3.8, 4) is 23.0 Å². The number of methoxy groups -OCH3 is 1. The number of fused-ring (bicyclic) bond motifs is 1. The number of rotatable bonds is 11. The summed E-state index contributed by atoms with van der Waals surface area (Å²) in [7, 11) is 1.63. The first-order valence-corrected chi connectivity index (χ1v) is 10.8. The summed E-state index contributed by atoms with van der Waals surface area (Å²) < 4.78 is 22.4. The third kappa shape index (κ3) is 6.16. The Morgan fingerprint density at radius 3 is 2.47 bits per heavy atom. The highest BCUT2D eigenvalue weighted by molar-refractivity contribution is 5.80. The summed E-state index contributed by atoms with van der Waals surface area (Å²) in [6.45, 7) is 0.252. The van der Waals surface area contributed by atoms with Crippen LogP contribution < -0.4 is 18.9 Å². The van der Waals surface area contributed by atoms with Crippen LogP contribution in [0.5, 0.6) is 23.0 Å². The number of carboxylic acid groups (broad SMARTS) is 1. The third-order valence-corrected chi connectivity index (χ3v) is 5.11. The average molecular weight is 459 g/mol. The predicted molar refractivity (Wildman–Crippen MR) is 128 cm³/mol. The molecule has 3 aromatic carbocycles. The lowest BCUT2D eigenvalue weighted by molar-refractivity contribution is -0.139. The normalized spacial score (nSPS) is 10.6. The standard InChI is InChI=1S/C27H25NO6/c1-31-23-11-12-25-20(15-23)7-9-21(28-25)17-33-24-10-8-19(26(16-24)34-18-27(29)30)13-14-32-22-5-3-2-4-6-22/h2-12,15-16H,13-14,17-18H2,1H3,(H,29,30). The van der Waals surface area contributed by atoms with Gasteiger partial charge in [-0.2, -0.15) is 0 Å². The van der Waals surface area contributed by atoms with E-state index in [1.807, 2.05) is 72.8 Å². The second kappa shape index (κ2) is 11.0. The molecule has 1 N–H and O–H groups in total. The van der Waals surface area contributed by atoms with Crippen LogP contribution in [0.15, 0.2) is 78.9 Å². The molecule has 1 heterocycles. The van der Waals surface area contributed by atoms with Crippen molar-refractivity contribution >= 4 is 16.9 Å². The Balaban J connectivity index is 1.43. The first-order valence-electron chi connectivity index (χ1n) is 10.8. The van der Waals surface area contributed by atoms with Crippen molar-refractivity contribution in [3.05, 3.63) is 90.1 Å². The first-order chi connectivity index (χ1) is 16.6. The summed E-state index contributed by atoms with van der Waals surface area (Å²) in [4.78, 5) is 15.7. The molecule has 0 radical (unpaired) electrons. The van der Waals surface area contributed by atoms with Crippen LogP contribution in [-0.4, -0.2) is 36.4 Å². The Hall–Kier alpha value is -4.26. The van der Waals surface area contributed by atoms with Gasteiger partial charge in [0.25, 0.3) is 0 Å². The van der Waals surface area contributed by atoms with Gasteiger partial charge in [-0.3, -0.25) is 0 Å². The zero-order chi connectivity index (χ0) is 23.8. The van der Waals surface area contributed by atoms with Gasteiger partial charge in [0.15, 0.2) is 6.61 Å². The maximum atomic E-state index is 11.0. The number of hydrogen-bond donors (Lipinski definition) is 1. The topological polar surface area (TPSA) is 87.1 Å². The SMILES string of the molecule is COc1ccc2nc(COc3ccc(CCOc4ccccc4)c(OCC(=O)O)c3)ccc2c1. The van der Waals surface area contributed by atoms with Crippen molar-refractivity contribution in [2.75, 3.05) is 20.3 Å². The molecule has 7 nitrogen and oxygen atoms in total. The summed E-state index contributed by atoms with van der Waals surface area (Å²) >= 11 is 0. The van der Waals surface area contributed by atoms with E-state index in [2.05, 4.69) is 4.98 Å². The molecule has 0 saturated heterocycles. The van der Waals surface area contributed by atoms with E-state index < -0.39 is 12.6 Å². The number of nitrogens with zero attached hydrogens (tertiary/aromatic N) is 1. The number of aromatic nitrogens is 1. The molecule has 0 aliphatic carbocycles. The number of aliphatic carboxylic acids is 1. The lowest BCUT2D eigenvalue weighted by atomic mass is 10.1. The van der Waals surface area contributed by atoms with Crippen molar-refractivity contribution in [2.45, 2.75) is 13.0 Å². The molecule has 4 aromatic rings. The van der Waals surface area contributed by atoms with Gasteiger partial charge in [0.05, 0.1) is 24.9 Å². The summed E-state index contributed by atoms with van der Waals surface area (Å²) in [5.74, 6) is 1.52. The van der Waals surface area contributed by atoms with Gasteiger partial charge in [-0.1, -0.05) is 30.3 Å². The number of carbonyl (C=O) groups is 1. The molecule has 0 fully saturated rings. The van der Waals surface area contributed by atoms with Gasteiger partial charge in [-0.25, -0.2) is 9.78 Å². The van der Waals surface area contributed by atoms with Crippen LogP contribution in [0.1, 0.15) is 11.3 Å². The van der Waals surface area contributed by atoms with Gasteiger partial charge in [-0.05, 0) is 48.0 Å². The zero-order valence-corrected chi connectivity index (χ0v) is 18.8. The van der Waals surface area contributed by atoms with E-state index in [0.717, 1.165) is 33.7 Å². The van der Waals surface area contributed by atoms with E-state index in [-0.39, 0.29) is 6.61 Å². The number of carboxylic acids is 1. The van der Waals surface area contributed by atoms with Gasteiger partial charge in [0, 0.05) is 17.9 Å². The maximum Gasteiger partial charge on any atom is 0.341 e. The van der Waals surface area contributed by atoms with E-state index >= 15 is 0 Å². The fourth-order valence-electron chi connectivity index (χ4n) is 3.41. The van der Waals surface area contributed by atoms with Crippen molar-refractivity contribution in [2.24, 2.45) is 0 Å². The molecule has 0 aliphatic heterocycles. The molecule has 0 amide bonds. The van der Waals surface area contributed by atoms with Crippen LogP contribution >= 0.6 is 0 Å². The quantitative estimate of drug-likeness (QED) is 0.341. The smallest absolute Gasteiger partial charge is 0.341 e. The molecule has 4 rings (SSSR count). The molecule has 174 valence electrons. The Morgan fingerprint density at radius 1 is 0.853 bits per heavy atom. The molecule has 0 saturated carbocycles. The van der Waals surface area contributed by atoms with Crippen molar-refractivity contribution < 1.29 is 28.8 Å². The van der Waals surface area contributed by atoms with Crippen molar-refractivity contribution in [1.82, 2.24) is 4.98 Å². The minimum Gasteiger partial charge on any atom is -0.497 e. The largest absolute Gasteiger partial charge is 0.497 e. The molecule has 0 aliphatic rings. The molecule has 0 bridgehead atoms. The van der Waals surface area contributed by atoms with Crippen LogP contribution in [-0.2, 0) is 17.8 Å². The Kier molecular flexibility index (Phi) is 7.45. The van der Waals surface area contributed by atoms with E-state index in [1.165, 1.54) is 0 Å². The number of ether oxygens (including phenoxy) is 4. The van der Waals surface area contributed by atoms with Gasteiger partial charge >= 0.3 is 5.97 Å². The van der Waals surface area contributed by atoms with Crippen LogP contribution in [0.4, 0.5) is 0 Å². The monoisotopic (exact) mass is 459 g/mol. The van der Waals surface area contributed by atoms with E-state index in [1.54, 1.807) is 13.2 Å². The summed E-state index contributed by atoms with van der Waals surface area (Å²) in [6, 6.07) is 24.5. The van der Waals surface area contributed by atoms with Crippen LogP contribution in [0.2, 0.25) is 0 Å². The highest BCUT2D eigenvalue weighted by atomic mass is 16.5. The molecule has 0 atom stereocenters. The third-order valence-electron chi connectivity index (χ3n) is 5.11. The van der Waals surface area contributed by atoms with E-state index in [4.69, 9.17) is 24.1 Å². The Morgan fingerprint density at radius 2 is 1.68 bits per heavy atom. The molecule has 0 spiro atoms. The predicted octanol–water partition coefficient (Wildman–Crippen LogP) is 4.91. The minimum absolute atomic E-state index is 0.261. The Bertz CT molecular complexity index is 1260. The lowest BCUT2D eigenvalue weighted by Gasteiger charge is -2.14. The number of pyridine rings is 1. The summed E-state index contributed by atoms with van der Waals surface area (Å²) in [5, 5.41) is 10.0. The van der Waals surface area contributed by atoms with Crippen LogP contribution in [0, 0.1) is 0 Å². The number of hydrogen-bond acceptors (Lipinski definition) is 6. The maximum absolute atomic E-state index is 11.0. The van der Waals surface area contributed by atoms with Gasteiger partial charge in [-0.15, -0.1) is 0 Å². The average Bonchev–Trinajstić information content (AvgIpc) is 2.87. The Labute approximate surface area is 197 Å².